The van der Waals surface area contributed by atoms with E-state index in [4.69, 9.17) is 9.79 Å². The summed E-state index contributed by atoms with van der Waals surface area (Å²) in [5, 5.41) is 0. The highest BCUT2D eigenvalue weighted by molar-refractivity contribution is 7.48. The van der Waals surface area contributed by atoms with E-state index < -0.39 is 27.6 Å². The summed E-state index contributed by atoms with van der Waals surface area (Å²) in [7, 11) is -7.38. The number of hydrogen-bond donors (Lipinski definition) is 2. The first-order chi connectivity index (χ1) is 8.12. The van der Waals surface area contributed by atoms with E-state index in [2.05, 4.69) is 18.1 Å². The Hall–Kier alpha value is -1.02. The zero-order valence-corrected chi connectivity index (χ0v) is 11.0. The average molecular weight is 304 g/mol. The van der Waals surface area contributed by atoms with Gasteiger partial charge in [-0.3, -0.25) is 18.8 Å². The lowest BCUT2D eigenvalue weighted by molar-refractivity contribution is -0.133. The maximum Gasteiger partial charge on any atom is 0.529 e. The number of carbonyl (C=O) groups excluding carboxylic acids is 2. The van der Waals surface area contributed by atoms with Crippen molar-refractivity contribution in [1.29, 1.82) is 0 Å². The second-order valence-electron chi connectivity index (χ2n) is 2.46. The van der Waals surface area contributed by atoms with Crippen LogP contribution in [0.1, 0.15) is 0 Å². The molecule has 0 spiro atoms. The van der Waals surface area contributed by atoms with Gasteiger partial charge in [0.05, 0.1) is 0 Å². The van der Waals surface area contributed by atoms with E-state index in [-0.39, 0.29) is 0 Å². The van der Waals surface area contributed by atoms with Gasteiger partial charge in [0.25, 0.3) is 0 Å². The molecule has 0 fully saturated rings. The molecule has 10 nitrogen and oxygen atoms in total. The minimum absolute atomic E-state index is 0.403. The molecule has 0 bridgehead atoms. The highest BCUT2D eigenvalue weighted by Crippen LogP contribution is 2.43. The van der Waals surface area contributed by atoms with E-state index >= 15 is 0 Å². The SMILES string of the molecule is COP(=O)(O)OC(=O)/C=C/C(=O)OP(=O)(O)OC. The minimum Gasteiger partial charge on any atom is -0.367 e. The maximum atomic E-state index is 10.9. The topological polar surface area (TPSA) is 146 Å². The summed E-state index contributed by atoms with van der Waals surface area (Å²) in [6.45, 7) is 0. The lowest BCUT2D eigenvalue weighted by Crippen LogP contribution is -2.03. The zero-order valence-electron chi connectivity index (χ0n) is 9.21. The Labute approximate surface area is 101 Å². The van der Waals surface area contributed by atoms with Crippen LogP contribution in [0, 0.1) is 0 Å². The molecule has 0 heterocycles. The van der Waals surface area contributed by atoms with Gasteiger partial charge in [0.1, 0.15) is 0 Å². The van der Waals surface area contributed by atoms with Crippen molar-refractivity contribution >= 4 is 27.6 Å². The summed E-state index contributed by atoms with van der Waals surface area (Å²) in [5.41, 5.74) is 0. The van der Waals surface area contributed by atoms with Crippen molar-refractivity contribution in [2.75, 3.05) is 14.2 Å². The highest BCUT2D eigenvalue weighted by Gasteiger charge is 2.24. The fourth-order valence-electron chi connectivity index (χ4n) is 0.499. The largest absolute Gasteiger partial charge is 0.529 e. The van der Waals surface area contributed by atoms with Crippen molar-refractivity contribution in [3.05, 3.63) is 12.2 Å². The fourth-order valence-corrected chi connectivity index (χ4v) is 1.22. The minimum atomic E-state index is -4.52. The lowest BCUT2D eigenvalue weighted by Gasteiger charge is -2.07. The van der Waals surface area contributed by atoms with Crippen molar-refractivity contribution in [1.82, 2.24) is 0 Å². The Morgan fingerprint density at radius 3 is 1.39 bits per heavy atom. The Morgan fingerprint density at radius 2 is 1.17 bits per heavy atom. The van der Waals surface area contributed by atoms with E-state index in [1.165, 1.54) is 0 Å². The molecule has 0 aromatic carbocycles. The van der Waals surface area contributed by atoms with Crippen molar-refractivity contribution in [3.63, 3.8) is 0 Å². The third-order valence-corrected chi connectivity index (χ3v) is 2.97. The summed E-state index contributed by atoms with van der Waals surface area (Å²) in [6.07, 6.45) is 0.805. The van der Waals surface area contributed by atoms with E-state index in [1.807, 2.05) is 0 Å². The highest BCUT2D eigenvalue weighted by atomic mass is 31.2. The third kappa shape index (κ3) is 7.33. The summed E-state index contributed by atoms with van der Waals surface area (Å²) in [4.78, 5) is 39.2. The molecule has 0 saturated heterocycles. The summed E-state index contributed by atoms with van der Waals surface area (Å²) >= 11 is 0. The van der Waals surface area contributed by atoms with E-state index in [0.29, 0.717) is 12.2 Å². The second kappa shape index (κ2) is 6.79. The molecule has 0 rings (SSSR count). The number of hydrogen-bond acceptors (Lipinski definition) is 8. The summed E-state index contributed by atoms with van der Waals surface area (Å²) in [6, 6.07) is 0. The Bertz CT molecular complexity index is 400. The molecule has 0 radical (unpaired) electrons. The van der Waals surface area contributed by atoms with Gasteiger partial charge in [0.15, 0.2) is 0 Å². The van der Waals surface area contributed by atoms with Crippen LogP contribution >= 0.6 is 15.6 Å². The summed E-state index contributed by atoms with van der Waals surface area (Å²) in [5.74, 6) is -2.77. The van der Waals surface area contributed by atoms with Crippen molar-refractivity contribution in [2.45, 2.75) is 0 Å². The molecule has 2 atom stereocenters. The number of carbonyl (C=O) groups is 2. The average Bonchev–Trinajstić information content (AvgIpc) is 2.25. The molecule has 0 amide bonds. The maximum absolute atomic E-state index is 10.9. The van der Waals surface area contributed by atoms with Gasteiger partial charge in [-0.1, -0.05) is 0 Å². The molecular weight excluding hydrogens is 294 g/mol. The molecule has 0 aliphatic rings. The van der Waals surface area contributed by atoms with E-state index in [9.17, 15) is 18.7 Å². The first kappa shape index (κ1) is 17.0. The van der Waals surface area contributed by atoms with Crippen LogP contribution in [0.2, 0.25) is 0 Å². The molecule has 0 aromatic rings. The van der Waals surface area contributed by atoms with Crippen LogP contribution in [0.15, 0.2) is 12.2 Å². The van der Waals surface area contributed by atoms with Crippen molar-refractivity contribution < 1.29 is 46.6 Å². The van der Waals surface area contributed by atoms with E-state index in [1.54, 1.807) is 0 Å². The van der Waals surface area contributed by atoms with E-state index in [0.717, 1.165) is 14.2 Å². The molecule has 2 N–H and O–H groups in total. The van der Waals surface area contributed by atoms with Gasteiger partial charge in [-0.25, -0.2) is 18.7 Å². The first-order valence-corrected chi connectivity index (χ1v) is 7.03. The van der Waals surface area contributed by atoms with Crippen LogP contribution in [-0.4, -0.2) is 35.9 Å². The molecule has 104 valence electrons. The molecule has 12 heteroatoms. The molecule has 2 unspecified atom stereocenters. The quantitative estimate of drug-likeness (QED) is 0.512. The first-order valence-electron chi connectivity index (χ1n) is 4.04. The number of phosphoric ester groups is 2. The van der Waals surface area contributed by atoms with Crippen LogP contribution in [0.25, 0.3) is 0 Å². The van der Waals surface area contributed by atoms with Gasteiger partial charge in [0.2, 0.25) is 0 Å². The van der Waals surface area contributed by atoms with Gasteiger partial charge in [-0.2, -0.15) is 0 Å². The van der Waals surface area contributed by atoms with Crippen LogP contribution in [0.5, 0.6) is 0 Å². The van der Waals surface area contributed by atoms with Crippen LogP contribution in [-0.2, 0) is 36.8 Å². The zero-order chi connectivity index (χ0) is 14.4. The third-order valence-electron chi connectivity index (χ3n) is 1.23. The molecule has 0 aliphatic carbocycles. The smallest absolute Gasteiger partial charge is 0.367 e. The van der Waals surface area contributed by atoms with Gasteiger partial charge in [0, 0.05) is 26.4 Å². The predicted octanol–water partition coefficient (Wildman–Crippen LogP) is 0.123. The Kier molecular flexibility index (Phi) is 6.41. The van der Waals surface area contributed by atoms with Gasteiger partial charge >= 0.3 is 27.6 Å². The lowest BCUT2D eigenvalue weighted by atomic mass is 10.5. The normalized spacial score (nSPS) is 17.8. The number of phosphoric acid groups is 2. The van der Waals surface area contributed by atoms with Crippen LogP contribution < -0.4 is 0 Å². The standard InChI is InChI=1S/C6H10O10P2/c1-13-17(9,10)15-5(7)3-4-6(8)16-18(11,12)14-2/h3-4H,1-2H3,(H,9,10)(H,11,12)/b4-3+. The Morgan fingerprint density at radius 1 is 0.889 bits per heavy atom. The Balaban J connectivity index is 4.41. The van der Waals surface area contributed by atoms with Gasteiger partial charge in [-0.05, 0) is 0 Å². The second-order valence-corrected chi connectivity index (χ2v) is 5.43. The van der Waals surface area contributed by atoms with Crippen LogP contribution in [0.3, 0.4) is 0 Å². The van der Waals surface area contributed by atoms with Crippen molar-refractivity contribution in [2.24, 2.45) is 0 Å². The van der Waals surface area contributed by atoms with Crippen LogP contribution in [0.4, 0.5) is 0 Å². The monoisotopic (exact) mass is 304 g/mol. The predicted molar refractivity (Wildman–Crippen MR) is 55.0 cm³/mol. The summed E-state index contributed by atoms with van der Waals surface area (Å²) < 4.78 is 37.1. The molecule has 0 saturated carbocycles. The van der Waals surface area contributed by atoms with Crippen molar-refractivity contribution in [3.8, 4) is 0 Å². The molecular formula is C6H10O10P2. The molecule has 0 aliphatic heterocycles. The van der Waals surface area contributed by atoms with Gasteiger partial charge < -0.3 is 9.05 Å². The molecule has 0 aromatic heterocycles. The van der Waals surface area contributed by atoms with Gasteiger partial charge in [-0.15, -0.1) is 0 Å². The molecule has 18 heavy (non-hydrogen) atoms. The number of rotatable bonds is 6. The fraction of sp³-hybridized carbons (Fsp3) is 0.333.